The zero-order valence-electron chi connectivity index (χ0n) is 8.54. The molecule has 5 heteroatoms. The molecule has 0 heterocycles. The van der Waals surface area contributed by atoms with Crippen LogP contribution in [0.2, 0.25) is 0 Å². The number of hydrogen-bond acceptors (Lipinski definition) is 3. The van der Waals surface area contributed by atoms with Gasteiger partial charge in [-0.05, 0) is 23.8 Å². The van der Waals surface area contributed by atoms with Crippen molar-refractivity contribution in [3.8, 4) is 5.75 Å². The summed E-state index contributed by atoms with van der Waals surface area (Å²) >= 11 is 3.36. The Balaban J connectivity index is 2.79. The van der Waals surface area contributed by atoms with Gasteiger partial charge in [-0.1, -0.05) is 15.9 Å². The summed E-state index contributed by atoms with van der Waals surface area (Å²) in [5, 5.41) is 0. The van der Waals surface area contributed by atoms with Gasteiger partial charge < -0.3 is 4.74 Å². The molecule has 1 amide bonds. The van der Waals surface area contributed by atoms with Crippen molar-refractivity contribution in [3.63, 3.8) is 0 Å². The van der Waals surface area contributed by atoms with Crippen LogP contribution in [0.1, 0.15) is 5.56 Å². The largest absolute Gasteiger partial charge is 0.497 e. The summed E-state index contributed by atoms with van der Waals surface area (Å²) in [6, 6.07) is 5.47. The van der Waals surface area contributed by atoms with Gasteiger partial charge in [0.1, 0.15) is 5.75 Å². The molecule has 0 aliphatic heterocycles. The predicted octanol–water partition coefficient (Wildman–Crippen LogP) is 1.68. The molecule has 0 saturated heterocycles. The fraction of sp³-hybridized carbons (Fsp3) is 0.300. The molecule has 15 heavy (non-hydrogen) atoms. The molecule has 0 bridgehead atoms. The van der Waals surface area contributed by atoms with Crippen molar-refractivity contribution in [2.75, 3.05) is 14.2 Å². The summed E-state index contributed by atoms with van der Waals surface area (Å²) in [5.41, 5.74) is 3.11. The number of carbonyl (C=O) groups excluding carboxylic acids is 1. The van der Waals surface area contributed by atoms with Gasteiger partial charge >= 0.3 is 0 Å². The first-order chi connectivity index (χ1) is 7.17. The monoisotopic (exact) mass is 273 g/mol. The van der Waals surface area contributed by atoms with E-state index in [0.717, 1.165) is 15.8 Å². The summed E-state index contributed by atoms with van der Waals surface area (Å²) in [5.74, 6) is 0.518. The van der Waals surface area contributed by atoms with Crippen LogP contribution in [-0.2, 0) is 16.1 Å². The van der Waals surface area contributed by atoms with Gasteiger partial charge in [-0.15, -0.1) is 0 Å². The normalized spacial score (nSPS) is 9.80. The number of ether oxygens (including phenoxy) is 1. The van der Waals surface area contributed by atoms with Crippen LogP contribution >= 0.6 is 15.9 Å². The molecule has 0 atom stereocenters. The van der Waals surface area contributed by atoms with E-state index >= 15 is 0 Å². The van der Waals surface area contributed by atoms with Crippen LogP contribution < -0.4 is 10.2 Å². The Labute approximate surface area is 96.7 Å². The number of methoxy groups -OCH3 is 1. The average Bonchev–Trinajstić information content (AvgIpc) is 2.21. The Morgan fingerprint density at radius 2 is 2.20 bits per heavy atom. The number of amides is 1. The number of nitrogens with one attached hydrogen (secondary N) is 1. The summed E-state index contributed by atoms with van der Waals surface area (Å²) in [6.45, 7) is 0. The number of hydrogen-bond donors (Lipinski definition) is 1. The van der Waals surface area contributed by atoms with Crippen LogP contribution in [0.4, 0.5) is 0 Å². The van der Waals surface area contributed by atoms with E-state index in [2.05, 4.69) is 26.2 Å². The minimum atomic E-state index is -0.202. The lowest BCUT2D eigenvalue weighted by molar-refractivity contribution is -0.130. The average molecular weight is 274 g/mol. The lowest BCUT2D eigenvalue weighted by Gasteiger charge is -2.07. The lowest BCUT2D eigenvalue weighted by Crippen LogP contribution is -2.23. The van der Waals surface area contributed by atoms with Gasteiger partial charge in [0.25, 0.3) is 0 Å². The third kappa shape index (κ3) is 3.53. The number of halogens is 1. The van der Waals surface area contributed by atoms with E-state index in [9.17, 15) is 4.79 Å². The van der Waals surface area contributed by atoms with Gasteiger partial charge in [-0.2, -0.15) is 0 Å². The summed E-state index contributed by atoms with van der Waals surface area (Å²) in [6.07, 6.45) is 0.242. The first-order valence-electron chi connectivity index (χ1n) is 4.31. The maximum absolute atomic E-state index is 11.3. The zero-order valence-corrected chi connectivity index (χ0v) is 10.1. The van der Waals surface area contributed by atoms with E-state index in [1.807, 2.05) is 12.1 Å². The smallest absolute Gasteiger partial charge is 0.247 e. The van der Waals surface area contributed by atoms with Crippen LogP contribution in [0, 0.1) is 0 Å². The predicted molar refractivity (Wildman–Crippen MR) is 59.5 cm³/mol. The molecule has 0 spiro atoms. The van der Waals surface area contributed by atoms with Gasteiger partial charge in [0.05, 0.1) is 20.6 Å². The van der Waals surface area contributed by atoms with E-state index in [1.54, 1.807) is 13.2 Å². The molecule has 1 aromatic carbocycles. The SMILES string of the molecule is CONC(=O)Cc1cc(OC)ccc1Br. The molecule has 1 aromatic rings. The quantitative estimate of drug-likeness (QED) is 0.850. The number of hydroxylamine groups is 1. The fourth-order valence-electron chi connectivity index (χ4n) is 1.14. The van der Waals surface area contributed by atoms with Crippen LogP contribution in [0.25, 0.3) is 0 Å². The van der Waals surface area contributed by atoms with E-state index in [-0.39, 0.29) is 12.3 Å². The highest BCUT2D eigenvalue weighted by molar-refractivity contribution is 9.10. The number of rotatable bonds is 4. The highest BCUT2D eigenvalue weighted by atomic mass is 79.9. The van der Waals surface area contributed by atoms with Crippen LogP contribution in [-0.4, -0.2) is 20.1 Å². The van der Waals surface area contributed by atoms with Crippen molar-refractivity contribution < 1.29 is 14.4 Å². The van der Waals surface area contributed by atoms with Crippen molar-refractivity contribution in [1.82, 2.24) is 5.48 Å². The van der Waals surface area contributed by atoms with Crippen molar-refractivity contribution in [2.24, 2.45) is 0 Å². The Morgan fingerprint density at radius 1 is 1.47 bits per heavy atom. The second kappa shape index (κ2) is 5.72. The molecule has 1 rings (SSSR count). The Kier molecular flexibility index (Phi) is 4.58. The number of carbonyl (C=O) groups is 1. The maximum Gasteiger partial charge on any atom is 0.247 e. The summed E-state index contributed by atoms with van der Waals surface area (Å²) < 4.78 is 5.94. The van der Waals surface area contributed by atoms with Crippen molar-refractivity contribution >= 4 is 21.8 Å². The van der Waals surface area contributed by atoms with E-state index in [4.69, 9.17) is 4.74 Å². The third-order valence-corrected chi connectivity index (χ3v) is 2.59. The molecule has 0 aliphatic rings. The molecule has 0 saturated carbocycles. The van der Waals surface area contributed by atoms with Crippen LogP contribution in [0.3, 0.4) is 0 Å². The minimum Gasteiger partial charge on any atom is -0.497 e. The first-order valence-corrected chi connectivity index (χ1v) is 5.11. The number of benzene rings is 1. The van der Waals surface area contributed by atoms with Gasteiger partial charge in [-0.25, -0.2) is 5.48 Å². The van der Waals surface area contributed by atoms with Crippen LogP contribution in [0.5, 0.6) is 5.75 Å². The molecule has 1 N–H and O–H groups in total. The first kappa shape index (κ1) is 12.0. The van der Waals surface area contributed by atoms with Crippen LogP contribution in [0.15, 0.2) is 22.7 Å². The molecule has 4 nitrogen and oxygen atoms in total. The highest BCUT2D eigenvalue weighted by Gasteiger charge is 2.07. The summed E-state index contributed by atoms with van der Waals surface area (Å²) in [4.78, 5) is 15.8. The van der Waals surface area contributed by atoms with Gasteiger partial charge in [-0.3, -0.25) is 9.63 Å². The van der Waals surface area contributed by atoms with E-state index < -0.39 is 0 Å². The van der Waals surface area contributed by atoms with Crippen molar-refractivity contribution in [1.29, 1.82) is 0 Å². The van der Waals surface area contributed by atoms with Gasteiger partial charge in [0.2, 0.25) is 5.91 Å². The lowest BCUT2D eigenvalue weighted by atomic mass is 10.1. The second-order valence-electron chi connectivity index (χ2n) is 2.86. The minimum absolute atomic E-state index is 0.202. The van der Waals surface area contributed by atoms with Crippen molar-refractivity contribution in [3.05, 3.63) is 28.2 Å². The maximum atomic E-state index is 11.3. The summed E-state index contributed by atoms with van der Waals surface area (Å²) in [7, 11) is 2.99. The third-order valence-electron chi connectivity index (χ3n) is 1.82. The molecular weight excluding hydrogens is 262 g/mol. The molecule has 0 aromatic heterocycles. The van der Waals surface area contributed by atoms with Crippen molar-refractivity contribution in [2.45, 2.75) is 6.42 Å². The Morgan fingerprint density at radius 3 is 2.80 bits per heavy atom. The highest BCUT2D eigenvalue weighted by Crippen LogP contribution is 2.22. The standard InChI is InChI=1S/C10H12BrNO3/c1-14-8-3-4-9(11)7(5-8)6-10(13)12-15-2/h3-5H,6H2,1-2H3,(H,12,13). The molecule has 82 valence electrons. The molecule has 0 aliphatic carbocycles. The van der Waals surface area contributed by atoms with Gasteiger partial charge in [0.15, 0.2) is 0 Å². The topological polar surface area (TPSA) is 47.6 Å². The fourth-order valence-corrected chi connectivity index (χ4v) is 1.52. The molecular formula is C10H12BrNO3. The molecule has 0 fully saturated rings. The Hall–Kier alpha value is -1.07. The zero-order chi connectivity index (χ0) is 11.3. The van der Waals surface area contributed by atoms with E-state index in [1.165, 1.54) is 7.11 Å². The molecule has 0 radical (unpaired) electrons. The van der Waals surface area contributed by atoms with E-state index in [0.29, 0.717) is 0 Å². The second-order valence-corrected chi connectivity index (χ2v) is 3.72. The Bertz CT molecular complexity index is 355. The van der Waals surface area contributed by atoms with Gasteiger partial charge in [0, 0.05) is 4.47 Å². The molecule has 0 unspecified atom stereocenters.